The van der Waals surface area contributed by atoms with Gasteiger partial charge in [0.2, 0.25) is 5.91 Å². The molecule has 0 radical (unpaired) electrons. The van der Waals surface area contributed by atoms with Crippen molar-refractivity contribution < 1.29 is 24.2 Å². The van der Waals surface area contributed by atoms with Gasteiger partial charge in [-0.05, 0) is 18.4 Å². The first-order chi connectivity index (χ1) is 17.0. The Kier molecular flexibility index (Phi) is 18.4. The number of benzene rings is 1. The van der Waals surface area contributed by atoms with Crippen LogP contribution in [0.25, 0.3) is 0 Å². The van der Waals surface area contributed by atoms with Crippen molar-refractivity contribution in [1.82, 2.24) is 5.32 Å². The summed E-state index contributed by atoms with van der Waals surface area (Å²) in [6.07, 6.45) is 17.7. The molecule has 2 N–H and O–H groups in total. The molecule has 198 valence electrons. The van der Waals surface area contributed by atoms with E-state index in [9.17, 15) is 19.5 Å². The molecular formula is C29H47NO5. The van der Waals surface area contributed by atoms with Gasteiger partial charge in [0.15, 0.2) is 0 Å². The van der Waals surface area contributed by atoms with Gasteiger partial charge < -0.3 is 15.2 Å². The minimum absolute atomic E-state index is 0.0213. The maximum atomic E-state index is 12.1. The summed E-state index contributed by atoms with van der Waals surface area (Å²) in [5.74, 6) is -1.87. The van der Waals surface area contributed by atoms with Gasteiger partial charge >= 0.3 is 11.9 Å². The zero-order valence-electron chi connectivity index (χ0n) is 21.8. The fourth-order valence-electron chi connectivity index (χ4n) is 4.08. The largest absolute Gasteiger partial charge is 0.480 e. The van der Waals surface area contributed by atoms with Crippen molar-refractivity contribution in [2.75, 3.05) is 0 Å². The van der Waals surface area contributed by atoms with E-state index in [0.717, 1.165) is 24.8 Å². The lowest BCUT2D eigenvalue weighted by molar-refractivity contribution is -0.146. The fraction of sp³-hybridized carbons (Fsp3) is 0.690. The number of hydrogen-bond donors (Lipinski definition) is 2. The van der Waals surface area contributed by atoms with Crippen molar-refractivity contribution in [1.29, 1.82) is 0 Å². The molecule has 1 rings (SSSR count). The highest BCUT2D eigenvalue weighted by atomic mass is 16.5. The molecule has 0 aliphatic heterocycles. The first-order valence-corrected chi connectivity index (χ1v) is 13.7. The molecule has 0 aliphatic rings. The number of carbonyl (C=O) groups excluding carboxylic acids is 2. The number of aliphatic carboxylic acids is 1. The summed E-state index contributed by atoms with van der Waals surface area (Å²) in [6, 6.07) is 8.23. The molecule has 6 heteroatoms. The minimum Gasteiger partial charge on any atom is -0.480 e. The van der Waals surface area contributed by atoms with E-state index in [4.69, 9.17) is 4.74 Å². The van der Waals surface area contributed by atoms with Gasteiger partial charge in [-0.3, -0.25) is 9.59 Å². The Morgan fingerprint density at radius 2 is 1.29 bits per heavy atom. The summed E-state index contributed by atoms with van der Waals surface area (Å²) in [5, 5.41) is 11.9. The molecule has 1 aromatic carbocycles. The molecule has 1 amide bonds. The molecule has 0 saturated heterocycles. The predicted octanol–water partition coefficient (Wildman–Crippen LogP) is 6.95. The Labute approximate surface area is 212 Å². The molecule has 0 aliphatic carbocycles. The molecule has 0 fully saturated rings. The Balaban J connectivity index is 2.02. The molecular weight excluding hydrogens is 442 g/mol. The molecule has 0 spiro atoms. The second kappa shape index (κ2) is 21.0. The highest BCUT2D eigenvalue weighted by molar-refractivity contribution is 5.84. The lowest BCUT2D eigenvalue weighted by Crippen LogP contribution is -2.41. The molecule has 0 aromatic heterocycles. The van der Waals surface area contributed by atoms with Crippen molar-refractivity contribution in [3.05, 3.63) is 35.9 Å². The van der Waals surface area contributed by atoms with Gasteiger partial charge in [0.25, 0.3) is 0 Å². The van der Waals surface area contributed by atoms with Crippen LogP contribution in [0.2, 0.25) is 0 Å². The highest BCUT2D eigenvalue weighted by Gasteiger charge is 2.21. The number of hydrogen-bond acceptors (Lipinski definition) is 4. The van der Waals surface area contributed by atoms with Crippen molar-refractivity contribution in [3.63, 3.8) is 0 Å². The quantitative estimate of drug-likeness (QED) is 0.136. The molecule has 1 atom stereocenters. The zero-order valence-corrected chi connectivity index (χ0v) is 21.8. The Bertz CT molecular complexity index is 692. The van der Waals surface area contributed by atoms with Gasteiger partial charge in [-0.25, -0.2) is 4.79 Å². The topological polar surface area (TPSA) is 92.7 Å². The van der Waals surface area contributed by atoms with Gasteiger partial charge in [-0.2, -0.15) is 0 Å². The number of ether oxygens (including phenoxy) is 1. The van der Waals surface area contributed by atoms with Gasteiger partial charge in [0.1, 0.15) is 12.6 Å². The highest BCUT2D eigenvalue weighted by Crippen LogP contribution is 2.13. The second-order valence-electron chi connectivity index (χ2n) is 9.49. The van der Waals surface area contributed by atoms with Crippen molar-refractivity contribution >= 4 is 17.8 Å². The van der Waals surface area contributed by atoms with Crippen LogP contribution in [0.3, 0.4) is 0 Å². The number of carboxylic acid groups (broad SMARTS) is 1. The first-order valence-electron chi connectivity index (χ1n) is 13.7. The average molecular weight is 490 g/mol. The number of amides is 1. The second-order valence-corrected chi connectivity index (χ2v) is 9.49. The van der Waals surface area contributed by atoms with Gasteiger partial charge in [0, 0.05) is 12.8 Å². The summed E-state index contributed by atoms with van der Waals surface area (Å²) in [4.78, 5) is 35.5. The molecule has 35 heavy (non-hydrogen) atoms. The average Bonchev–Trinajstić information content (AvgIpc) is 2.86. The SMILES string of the molecule is CCCCCCCCCCCCCCCCC(=O)NC(CCC(=O)OCc1ccccc1)C(=O)O. The Hall–Kier alpha value is -2.37. The van der Waals surface area contributed by atoms with Crippen LogP contribution in [-0.4, -0.2) is 29.0 Å². The van der Waals surface area contributed by atoms with E-state index in [1.807, 2.05) is 30.3 Å². The molecule has 0 saturated carbocycles. The third-order valence-corrected chi connectivity index (χ3v) is 6.27. The maximum absolute atomic E-state index is 12.1. The molecule has 1 unspecified atom stereocenters. The maximum Gasteiger partial charge on any atom is 0.326 e. The number of nitrogens with one attached hydrogen (secondary N) is 1. The number of unbranched alkanes of at least 4 members (excludes halogenated alkanes) is 13. The monoisotopic (exact) mass is 489 g/mol. The Morgan fingerprint density at radius 3 is 1.80 bits per heavy atom. The van der Waals surface area contributed by atoms with E-state index >= 15 is 0 Å². The predicted molar refractivity (Wildman–Crippen MR) is 140 cm³/mol. The van der Waals surface area contributed by atoms with Crippen LogP contribution in [0.1, 0.15) is 122 Å². The normalized spacial score (nSPS) is 11.7. The van der Waals surface area contributed by atoms with Crippen molar-refractivity contribution in [2.45, 2.75) is 129 Å². The van der Waals surface area contributed by atoms with E-state index in [1.54, 1.807) is 0 Å². The fourth-order valence-corrected chi connectivity index (χ4v) is 4.08. The lowest BCUT2D eigenvalue weighted by Gasteiger charge is -2.14. The van der Waals surface area contributed by atoms with Crippen molar-refractivity contribution in [3.8, 4) is 0 Å². The number of rotatable bonds is 22. The summed E-state index contributed by atoms with van der Waals surface area (Å²) in [7, 11) is 0. The van der Waals surface area contributed by atoms with Crippen LogP contribution >= 0.6 is 0 Å². The number of carbonyl (C=O) groups is 3. The third-order valence-electron chi connectivity index (χ3n) is 6.27. The van der Waals surface area contributed by atoms with E-state index in [0.29, 0.717) is 6.42 Å². The smallest absolute Gasteiger partial charge is 0.326 e. The zero-order chi connectivity index (χ0) is 25.6. The van der Waals surface area contributed by atoms with Gasteiger partial charge in [-0.1, -0.05) is 121 Å². The van der Waals surface area contributed by atoms with Crippen LogP contribution in [0.4, 0.5) is 0 Å². The van der Waals surface area contributed by atoms with Crippen LogP contribution in [0, 0.1) is 0 Å². The van der Waals surface area contributed by atoms with E-state index < -0.39 is 18.0 Å². The number of esters is 1. The third kappa shape index (κ3) is 17.7. The first kappa shape index (κ1) is 30.7. The van der Waals surface area contributed by atoms with Crippen LogP contribution in [-0.2, 0) is 25.7 Å². The van der Waals surface area contributed by atoms with E-state index in [2.05, 4.69) is 12.2 Å². The summed E-state index contributed by atoms with van der Waals surface area (Å²) >= 11 is 0. The van der Waals surface area contributed by atoms with E-state index in [-0.39, 0.29) is 25.4 Å². The minimum atomic E-state index is -1.13. The Morgan fingerprint density at radius 1 is 0.771 bits per heavy atom. The van der Waals surface area contributed by atoms with Crippen LogP contribution in [0.5, 0.6) is 0 Å². The molecule has 6 nitrogen and oxygen atoms in total. The summed E-state index contributed by atoms with van der Waals surface area (Å²) < 4.78 is 5.18. The van der Waals surface area contributed by atoms with Gasteiger partial charge in [0.05, 0.1) is 0 Å². The summed E-state index contributed by atoms with van der Waals surface area (Å²) in [5.41, 5.74) is 0.872. The molecule has 0 bridgehead atoms. The summed E-state index contributed by atoms with van der Waals surface area (Å²) in [6.45, 7) is 2.41. The van der Waals surface area contributed by atoms with E-state index in [1.165, 1.54) is 70.6 Å². The van der Waals surface area contributed by atoms with Gasteiger partial charge in [-0.15, -0.1) is 0 Å². The molecule has 1 aromatic rings. The van der Waals surface area contributed by atoms with Crippen molar-refractivity contribution in [2.24, 2.45) is 0 Å². The lowest BCUT2D eigenvalue weighted by atomic mass is 10.0. The van der Waals surface area contributed by atoms with Crippen LogP contribution in [0.15, 0.2) is 30.3 Å². The van der Waals surface area contributed by atoms with Crippen LogP contribution < -0.4 is 5.32 Å². The molecule has 0 heterocycles. The number of carboxylic acids is 1. The standard InChI is InChI=1S/C29H47NO5/c1-2-3-4-5-6-7-8-9-10-11-12-13-14-18-21-27(31)30-26(29(33)34)22-23-28(32)35-24-25-19-16-15-17-20-25/h15-17,19-20,26H,2-14,18,21-24H2,1H3,(H,30,31)(H,33,34).